The van der Waals surface area contributed by atoms with Gasteiger partial charge in [0.1, 0.15) is 5.01 Å². The lowest BCUT2D eigenvalue weighted by Crippen LogP contribution is -2.33. The molecule has 3 rings (SSSR count). The summed E-state index contributed by atoms with van der Waals surface area (Å²) in [7, 11) is 1.68. The number of esters is 1. The maximum atomic E-state index is 12.4. The lowest BCUT2D eigenvalue weighted by Gasteiger charge is -2.22. The summed E-state index contributed by atoms with van der Waals surface area (Å²) in [6.07, 6.45) is 2.86. The molecule has 5 nitrogen and oxygen atoms in total. The molecule has 28 heavy (non-hydrogen) atoms. The Morgan fingerprint density at radius 2 is 2.04 bits per heavy atom. The summed E-state index contributed by atoms with van der Waals surface area (Å²) in [5, 5.41) is 1.42. The number of rotatable bonds is 6. The third-order valence-corrected chi connectivity index (χ3v) is 5.68. The first-order chi connectivity index (χ1) is 13.4. The van der Waals surface area contributed by atoms with Crippen molar-refractivity contribution in [3.63, 3.8) is 0 Å². The van der Waals surface area contributed by atoms with E-state index in [-0.39, 0.29) is 18.6 Å². The van der Waals surface area contributed by atoms with Crippen LogP contribution < -0.4 is 0 Å². The Bertz CT molecular complexity index is 998. The van der Waals surface area contributed by atoms with Gasteiger partial charge in [0.15, 0.2) is 6.61 Å². The van der Waals surface area contributed by atoms with E-state index < -0.39 is 5.97 Å². The van der Waals surface area contributed by atoms with E-state index in [1.165, 1.54) is 11.0 Å². The molecule has 0 unspecified atom stereocenters. The maximum Gasteiger partial charge on any atom is 0.331 e. The number of hydrogen-bond donors (Lipinski definition) is 0. The number of nitrogens with zero attached hydrogens (tertiary/aromatic N) is 2. The van der Waals surface area contributed by atoms with E-state index in [1.54, 1.807) is 42.7 Å². The Morgan fingerprint density at radius 3 is 2.79 bits per heavy atom. The predicted octanol–water partition coefficient (Wildman–Crippen LogP) is 4.73. The van der Waals surface area contributed by atoms with Gasteiger partial charge in [0, 0.05) is 18.1 Å². The molecule has 0 aliphatic carbocycles. The van der Waals surface area contributed by atoms with Crippen molar-refractivity contribution in [3.05, 3.63) is 70.2 Å². The van der Waals surface area contributed by atoms with Gasteiger partial charge >= 0.3 is 5.97 Å². The molecule has 0 aliphatic rings. The normalized spacial score (nSPS) is 12.2. The van der Waals surface area contributed by atoms with Gasteiger partial charge in [0.2, 0.25) is 0 Å². The summed E-state index contributed by atoms with van der Waals surface area (Å²) in [5.41, 5.74) is 1.69. The molecule has 0 spiro atoms. The molecule has 0 radical (unpaired) electrons. The number of hydrogen-bond acceptors (Lipinski definition) is 5. The van der Waals surface area contributed by atoms with Crippen LogP contribution in [0.1, 0.15) is 23.5 Å². The second-order valence-electron chi connectivity index (χ2n) is 6.20. The first kappa shape index (κ1) is 20.0. The van der Waals surface area contributed by atoms with E-state index in [1.807, 2.05) is 37.3 Å². The van der Waals surface area contributed by atoms with Crippen LogP contribution in [-0.2, 0) is 14.3 Å². The molecule has 3 aromatic rings. The molecular formula is C21H19ClN2O3S. The Morgan fingerprint density at radius 1 is 1.25 bits per heavy atom. The van der Waals surface area contributed by atoms with Gasteiger partial charge in [-0.3, -0.25) is 4.79 Å². The number of ether oxygens (including phenoxy) is 1. The Kier molecular flexibility index (Phi) is 6.44. The van der Waals surface area contributed by atoms with Crippen LogP contribution in [0.4, 0.5) is 0 Å². The fourth-order valence-electron chi connectivity index (χ4n) is 2.51. The van der Waals surface area contributed by atoms with Crippen molar-refractivity contribution in [2.45, 2.75) is 13.0 Å². The molecular weight excluding hydrogens is 396 g/mol. The SMILES string of the molecule is C[C@@H](c1nc2ccccc2s1)N(C)C(=O)COC(=O)/C=C/c1cccc(Cl)c1. The molecule has 1 aromatic heterocycles. The quantitative estimate of drug-likeness (QED) is 0.432. The van der Waals surface area contributed by atoms with E-state index in [2.05, 4.69) is 4.98 Å². The van der Waals surface area contributed by atoms with E-state index in [0.717, 1.165) is 20.8 Å². The number of likely N-dealkylation sites (N-methyl/N-ethyl adjacent to an activating group) is 1. The summed E-state index contributed by atoms with van der Waals surface area (Å²) in [5.74, 6) is -0.884. The number of halogens is 1. The fraction of sp³-hybridized carbons (Fsp3) is 0.190. The summed E-state index contributed by atoms with van der Waals surface area (Å²) < 4.78 is 6.13. The highest BCUT2D eigenvalue weighted by Gasteiger charge is 2.21. The molecule has 2 aromatic carbocycles. The largest absolute Gasteiger partial charge is 0.452 e. The smallest absolute Gasteiger partial charge is 0.331 e. The minimum atomic E-state index is -0.589. The van der Waals surface area contributed by atoms with Crippen molar-refractivity contribution in [2.24, 2.45) is 0 Å². The van der Waals surface area contributed by atoms with Crippen LogP contribution in [0.15, 0.2) is 54.6 Å². The molecule has 0 N–H and O–H groups in total. The van der Waals surface area contributed by atoms with Crippen LogP contribution in [-0.4, -0.2) is 35.4 Å². The molecule has 1 heterocycles. The standard InChI is InChI=1S/C21H19ClN2O3S/c1-14(21-23-17-8-3-4-9-18(17)28-21)24(2)19(25)13-27-20(26)11-10-15-6-5-7-16(22)12-15/h3-12,14H,13H2,1-2H3/b11-10+/t14-/m0/s1. The Balaban J connectivity index is 1.55. The van der Waals surface area contributed by atoms with E-state index in [4.69, 9.17) is 16.3 Å². The maximum absolute atomic E-state index is 12.4. The summed E-state index contributed by atoms with van der Waals surface area (Å²) in [6.45, 7) is 1.57. The van der Waals surface area contributed by atoms with Gasteiger partial charge in [-0.1, -0.05) is 35.9 Å². The molecule has 7 heteroatoms. The number of carbonyl (C=O) groups excluding carboxylic acids is 2. The van der Waals surface area contributed by atoms with Crippen molar-refractivity contribution >= 4 is 51.1 Å². The molecule has 0 bridgehead atoms. The van der Waals surface area contributed by atoms with Crippen molar-refractivity contribution in [1.29, 1.82) is 0 Å². The molecule has 0 aliphatic heterocycles. The molecule has 0 fully saturated rings. The van der Waals surface area contributed by atoms with Crippen molar-refractivity contribution in [1.82, 2.24) is 9.88 Å². The van der Waals surface area contributed by atoms with Crippen LogP contribution in [0.5, 0.6) is 0 Å². The average Bonchev–Trinajstić information content (AvgIpc) is 3.13. The second-order valence-corrected chi connectivity index (χ2v) is 7.70. The highest BCUT2D eigenvalue weighted by Crippen LogP contribution is 2.28. The first-order valence-electron chi connectivity index (χ1n) is 8.65. The number of benzene rings is 2. The van der Waals surface area contributed by atoms with Gasteiger partial charge in [-0.05, 0) is 42.8 Å². The third kappa shape index (κ3) is 4.97. The van der Waals surface area contributed by atoms with Crippen LogP contribution in [0.2, 0.25) is 5.02 Å². The summed E-state index contributed by atoms with van der Waals surface area (Å²) >= 11 is 7.45. The lowest BCUT2D eigenvalue weighted by atomic mass is 10.2. The van der Waals surface area contributed by atoms with E-state index in [0.29, 0.717) is 5.02 Å². The zero-order chi connectivity index (χ0) is 20.1. The van der Waals surface area contributed by atoms with E-state index in [9.17, 15) is 9.59 Å². The predicted molar refractivity (Wildman–Crippen MR) is 112 cm³/mol. The first-order valence-corrected chi connectivity index (χ1v) is 9.85. The third-order valence-electron chi connectivity index (χ3n) is 4.24. The summed E-state index contributed by atoms with van der Waals surface area (Å²) in [6, 6.07) is 14.7. The number of amides is 1. The zero-order valence-corrected chi connectivity index (χ0v) is 17.0. The number of aromatic nitrogens is 1. The monoisotopic (exact) mass is 414 g/mol. The average molecular weight is 415 g/mol. The molecule has 1 atom stereocenters. The molecule has 0 saturated carbocycles. The van der Waals surface area contributed by atoms with Crippen LogP contribution in [0.25, 0.3) is 16.3 Å². The van der Waals surface area contributed by atoms with Crippen LogP contribution in [0, 0.1) is 0 Å². The number of carbonyl (C=O) groups is 2. The fourth-order valence-corrected chi connectivity index (χ4v) is 3.77. The van der Waals surface area contributed by atoms with Gasteiger partial charge in [-0.15, -0.1) is 11.3 Å². The van der Waals surface area contributed by atoms with Crippen LogP contribution >= 0.6 is 22.9 Å². The second kappa shape index (κ2) is 8.99. The van der Waals surface area contributed by atoms with Gasteiger partial charge in [0.25, 0.3) is 5.91 Å². The topological polar surface area (TPSA) is 59.5 Å². The lowest BCUT2D eigenvalue weighted by molar-refractivity contribution is -0.148. The number of thiazole rings is 1. The molecule has 1 amide bonds. The minimum absolute atomic E-state index is 0.217. The van der Waals surface area contributed by atoms with E-state index >= 15 is 0 Å². The van der Waals surface area contributed by atoms with Crippen LogP contribution in [0.3, 0.4) is 0 Å². The zero-order valence-electron chi connectivity index (χ0n) is 15.5. The number of fused-ring (bicyclic) bond motifs is 1. The minimum Gasteiger partial charge on any atom is -0.452 e. The Hall–Kier alpha value is -2.70. The van der Waals surface area contributed by atoms with Gasteiger partial charge in [-0.25, -0.2) is 9.78 Å². The van der Waals surface area contributed by atoms with Gasteiger partial charge in [-0.2, -0.15) is 0 Å². The van der Waals surface area contributed by atoms with Gasteiger partial charge in [0.05, 0.1) is 16.3 Å². The van der Waals surface area contributed by atoms with Crippen molar-refractivity contribution in [3.8, 4) is 0 Å². The number of para-hydroxylation sites is 1. The molecule has 0 saturated heterocycles. The van der Waals surface area contributed by atoms with Gasteiger partial charge < -0.3 is 9.64 Å². The highest BCUT2D eigenvalue weighted by molar-refractivity contribution is 7.18. The summed E-state index contributed by atoms with van der Waals surface area (Å²) in [4.78, 5) is 30.4. The molecule has 144 valence electrons. The highest BCUT2D eigenvalue weighted by atomic mass is 35.5. The Labute approximate surface area is 172 Å². The van der Waals surface area contributed by atoms with Crippen molar-refractivity contribution in [2.75, 3.05) is 13.7 Å². The van der Waals surface area contributed by atoms with Crippen molar-refractivity contribution < 1.29 is 14.3 Å².